The molecule has 1 amide bonds. The Kier molecular flexibility index (Phi) is 4.04. The van der Waals surface area contributed by atoms with Gasteiger partial charge in [-0.25, -0.2) is 4.39 Å². The summed E-state index contributed by atoms with van der Waals surface area (Å²) >= 11 is 3.08. The van der Waals surface area contributed by atoms with Crippen LogP contribution in [0.3, 0.4) is 0 Å². The van der Waals surface area contributed by atoms with Crippen LogP contribution in [-0.2, 0) is 0 Å². The molecule has 0 aliphatic heterocycles. The van der Waals surface area contributed by atoms with Crippen LogP contribution < -0.4 is 11.1 Å². The Hall–Kier alpha value is -2.35. The Morgan fingerprint density at radius 1 is 1.40 bits per heavy atom. The Labute approximate surface area is 121 Å². The molecule has 2 rings (SSSR count). The molecule has 0 fully saturated rings. The third-order valence-electron chi connectivity index (χ3n) is 2.47. The van der Waals surface area contributed by atoms with Crippen molar-refractivity contribution < 1.29 is 18.8 Å². The summed E-state index contributed by atoms with van der Waals surface area (Å²) in [5.74, 6) is -1.49. The van der Waals surface area contributed by atoms with E-state index in [1.54, 1.807) is 0 Å². The average Bonchev–Trinajstić information content (AvgIpc) is 2.86. The van der Waals surface area contributed by atoms with Crippen LogP contribution in [0.25, 0.3) is 0 Å². The Bertz CT molecular complexity index is 684. The SMILES string of the molecule is N/C(=N/O)c1cc(NC(=O)c2ccoc2Br)ccc1F. The molecular weight excluding hydrogens is 333 g/mol. The second kappa shape index (κ2) is 5.74. The first-order valence-corrected chi connectivity index (χ1v) is 6.14. The normalized spacial score (nSPS) is 11.4. The largest absolute Gasteiger partial charge is 0.457 e. The molecule has 2 aromatic rings. The number of amidine groups is 1. The second-order valence-corrected chi connectivity index (χ2v) is 4.46. The fourth-order valence-corrected chi connectivity index (χ4v) is 1.93. The number of rotatable bonds is 3. The summed E-state index contributed by atoms with van der Waals surface area (Å²) in [7, 11) is 0. The number of benzene rings is 1. The fraction of sp³-hybridized carbons (Fsp3) is 0. The highest BCUT2D eigenvalue weighted by molar-refractivity contribution is 9.10. The van der Waals surface area contributed by atoms with Gasteiger partial charge in [-0.15, -0.1) is 0 Å². The highest BCUT2D eigenvalue weighted by Crippen LogP contribution is 2.20. The molecule has 0 bridgehead atoms. The van der Waals surface area contributed by atoms with Gasteiger partial charge in [0.2, 0.25) is 0 Å². The Morgan fingerprint density at radius 3 is 2.75 bits per heavy atom. The van der Waals surface area contributed by atoms with E-state index in [4.69, 9.17) is 15.4 Å². The number of nitrogens with one attached hydrogen (secondary N) is 1. The molecule has 104 valence electrons. The van der Waals surface area contributed by atoms with Crippen molar-refractivity contribution in [3.8, 4) is 0 Å². The fourth-order valence-electron chi connectivity index (χ4n) is 1.51. The summed E-state index contributed by atoms with van der Waals surface area (Å²) in [6.45, 7) is 0. The zero-order chi connectivity index (χ0) is 14.7. The standard InChI is InChI=1S/C12H9BrFN3O3/c13-10-7(3-4-20-10)12(18)16-6-1-2-9(14)8(5-6)11(15)17-19/h1-5,19H,(H2,15,17)(H,16,18). The van der Waals surface area contributed by atoms with Crippen LogP contribution in [0.4, 0.5) is 10.1 Å². The summed E-state index contributed by atoms with van der Waals surface area (Å²) in [4.78, 5) is 11.9. The molecule has 20 heavy (non-hydrogen) atoms. The maximum Gasteiger partial charge on any atom is 0.260 e. The number of carbonyl (C=O) groups excluding carboxylic acids is 1. The number of hydrogen-bond donors (Lipinski definition) is 3. The summed E-state index contributed by atoms with van der Waals surface area (Å²) in [5, 5.41) is 13.8. The van der Waals surface area contributed by atoms with E-state index >= 15 is 0 Å². The molecular formula is C12H9BrFN3O3. The van der Waals surface area contributed by atoms with E-state index in [9.17, 15) is 9.18 Å². The Balaban J connectivity index is 2.27. The van der Waals surface area contributed by atoms with Crippen LogP contribution >= 0.6 is 15.9 Å². The maximum absolute atomic E-state index is 13.5. The molecule has 1 aromatic carbocycles. The molecule has 0 aliphatic carbocycles. The highest BCUT2D eigenvalue weighted by Gasteiger charge is 2.14. The van der Waals surface area contributed by atoms with Gasteiger partial charge in [0.15, 0.2) is 10.5 Å². The van der Waals surface area contributed by atoms with Crippen molar-refractivity contribution in [1.29, 1.82) is 0 Å². The quantitative estimate of drug-likeness (QED) is 0.345. The monoisotopic (exact) mass is 341 g/mol. The van der Waals surface area contributed by atoms with Crippen LogP contribution in [0.2, 0.25) is 0 Å². The number of anilines is 1. The molecule has 4 N–H and O–H groups in total. The molecule has 0 spiro atoms. The number of hydrogen-bond acceptors (Lipinski definition) is 4. The number of furan rings is 1. The first kappa shape index (κ1) is 14.1. The molecule has 0 saturated heterocycles. The third kappa shape index (κ3) is 2.80. The van der Waals surface area contributed by atoms with Gasteiger partial charge in [-0.1, -0.05) is 5.16 Å². The molecule has 0 unspecified atom stereocenters. The lowest BCUT2D eigenvalue weighted by Gasteiger charge is -2.07. The molecule has 6 nitrogen and oxygen atoms in total. The third-order valence-corrected chi connectivity index (χ3v) is 3.08. The lowest BCUT2D eigenvalue weighted by Crippen LogP contribution is -2.17. The van der Waals surface area contributed by atoms with Gasteiger partial charge in [-0.2, -0.15) is 0 Å². The average molecular weight is 342 g/mol. The van der Waals surface area contributed by atoms with Gasteiger partial charge in [0.05, 0.1) is 17.4 Å². The van der Waals surface area contributed by atoms with Gasteiger partial charge in [0, 0.05) is 5.69 Å². The predicted molar refractivity (Wildman–Crippen MR) is 73.3 cm³/mol. The molecule has 1 aromatic heterocycles. The summed E-state index contributed by atoms with van der Waals surface area (Å²) in [5.41, 5.74) is 5.81. The van der Waals surface area contributed by atoms with Crippen LogP contribution in [-0.4, -0.2) is 17.0 Å². The van der Waals surface area contributed by atoms with E-state index in [-0.39, 0.29) is 16.1 Å². The second-order valence-electron chi connectivity index (χ2n) is 3.74. The van der Waals surface area contributed by atoms with Crippen molar-refractivity contribution in [1.82, 2.24) is 0 Å². The number of halogens is 2. The topological polar surface area (TPSA) is 101 Å². The minimum absolute atomic E-state index is 0.114. The van der Waals surface area contributed by atoms with Crippen molar-refractivity contribution in [2.24, 2.45) is 10.9 Å². The van der Waals surface area contributed by atoms with Crippen molar-refractivity contribution in [2.75, 3.05) is 5.32 Å². The first-order chi connectivity index (χ1) is 9.52. The van der Waals surface area contributed by atoms with Crippen LogP contribution in [0.5, 0.6) is 0 Å². The van der Waals surface area contributed by atoms with Crippen molar-refractivity contribution in [3.05, 3.63) is 52.1 Å². The van der Waals surface area contributed by atoms with Gasteiger partial charge < -0.3 is 20.7 Å². The molecule has 0 aliphatic rings. The molecule has 1 heterocycles. The summed E-state index contributed by atoms with van der Waals surface area (Å²) < 4.78 is 18.7. The van der Waals surface area contributed by atoms with Crippen LogP contribution in [0.1, 0.15) is 15.9 Å². The predicted octanol–water partition coefficient (Wildman–Crippen LogP) is 2.53. The van der Waals surface area contributed by atoms with Crippen LogP contribution in [0.15, 0.2) is 44.8 Å². The van der Waals surface area contributed by atoms with E-state index < -0.39 is 11.7 Å². The van der Waals surface area contributed by atoms with Gasteiger partial charge in [-0.3, -0.25) is 4.79 Å². The Morgan fingerprint density at radius 2 is 2.15 bits per heavy atom. The smallest absolute Gasteiger partial charge is 0.260 e. The van der Waals surface area contributed by atoms with Crippen LogP contribution in [0, 0.1) is 5.82 Å². The zero-order valence-corrected chi connectivity index (χ0v) is 11.5. The maximum atomic E-state index is 13.5. The van der Waals surface area contributed by atoms with E-state index in [0.29, 0.717) is 11.3 Å². The summed E-state index contributed by atoms with van der Waals surface area (Å²) in [6, 6.07) is 5.20. The van der Waals surface area contributed by atoms with E-state index in [0.717, 1.165) is 6.07 Å². The molecule has 8 heteroatoms. The van der Waals surface area contributed by atoms with Crippen molar-refractivity contribution in [2.45, 2.75) is 0 Å². The van der Waals surface area contributed by atoms with Crippen molar-refractivity contribution in [3.63, 3.8) is 0 Å². The number of oxime groups is 1. The van der Waals surface area contributed by atoms with Gasteiger partial charge >= 0.3 is 0 Å². The van der Waals surface area contributed by atoms with E-state index in [1.165, 1.54) is 24.5 Å². The van der Waals surface area contributed by atoms with Crippen molar-refractivity contribution >= 4 is 33.4 Å². The minimum Gasteiger partial charge on any atom is -0.457 e. The summed E-state index contributed by atoms with van der Waals surface area (Å²) in [6.07, 6.45) is 1.35. The van der Waals surface area contributed by atoms with Gasteiger partial charge in [0.1, 0.15) is 5.82 Å². The number of nitrogens with zero attached hydrogens (tertiary/aromatic N) is 1. The minimum atomic E-state index is -0.664. The zero-order valence-electron chi connectivity index (χ0n) is 9.93. The van der Waals surface area contributed by atoms with Gasteiger partial charge in [0.25, 0.3) is 5.91 Å². The van der Waals surface area contributed by atoms with Gasteiger partial charge in [-0.05, 0) is 40.2 Å². The van der Waals surface area contributed by atoms with E-state index in [2.05, 4.69) is 26.4 Å². The lowest BCUT2D eigenvalue weighted by molar-refractivity contribution is 0.102. The number of carbonyl (C=O) groups is 1. The number of nitrogens with two attached hydrogens (primary N) is 1. The molecule has 0 atom stereocenters. The molecule has 0 radical (unpaired) electrons. The highest BCUT2D eigenvalue weighted by atomic mass is 79.9. The lowest BCUT2D eigenvalue weighted by atomic mass is 10.1. The van der Waals surface area contributed by atoms with E-state index in [1.807, 2.05) is 0 Å². The first-order valence-electron chi connectivity index (χ1n) is 5.34. The molecule has 0 saturated carbocycles. The number of amides is 1.